The van der Waals surface area contributed by atoms with Gasteiger partial charge in [-0.3, -0.25) is 14.5 Å². The van der Waals surface area contributed by atoms with Crippen molar-refractivity contribution in [3.63, 3.8) is 0 Å². The Bertz CT molecular complexity index is 1070. The van der Waals surface area contributed by atoms with E-state index in [1.807, 2.05) is 0 Å². The summed E-state index contributed by atoms with van der Waals surface area (Å²) in [6.45, 7) is -0.789. The molecule has 0 saturated carbocycles. The Balaban J connectivity index is 0.00000216. The molecule has 0 spiro atoms. The summed E-state index contributed by atoms with van der Waals surface area (Å²) in [6, 6.07) is 3.79. The number of aromatic hydroxyl groups is 1. The van der Waals surface area contributed by atoms with Crippen LogP contribution in [0.15, 0.2) is 35.5 Å². The number of alkyl halides is 3. The third kappa shape index (κ3) is 4.59. The number of ether oxygens (including phenoxy) is 1. The first-order chi connectivity index (χ1) is 15.5. The van der Waals surface area contributed by atoms with Crippen molar-refractivity contribution < 1.29 is 78.3 Å². The number of nitrogens with one attached hydrogen (secondary N) is 1. The van der Waals surface area contributed by atoms with Crippen LogP contribution in [0.3, 0.4) is 0 Å². The van der Waals surface area contributed by atoms with Gasteiger partial charge in [-0.05, 0) is 29.7 Å². The molecule has 3 amide bonds. The molecule has 3 aliphatic rings. The minimum absolute atomic E-state index is 0. The number of carboxylic acids is 1. The molecule has 0 bridgehead atoms. The van der Waals surface area contributed by atoms with E-state index in [1.165, 1.54) is 12.1 Å². The maximum atomic E-state index is 12.9. The number of likely N-dealkylation sites (tertiary alicyclic amines) is 1. The molecule has 10 nitrogen and oxygen atoms in total. The van der Waals surface area contributed by atoms with E-state index in [9.17, 15) is 42.6 Å². The van der Waals surface area contributed by atoms with Crippen LogP contribution in [0.2, 0.25) is 0 Å². The molecule has 0 radical (unpaired) electrons. The van der Waals surface area contributed by atoms with E-state index in [4.69, 9.17) is 4.74 Å². The molecule has 2 fully saturated rings. The third-order valence-corrected chi connectivity index (χ3v) is 5.90. The van der Waals surface area contributed by atoms with E-state index in [0.717, 1.165) is 4.90 Å². The molecule has 4 rings (SSSR count). The fourth-order valence-electron chi connectivity index (χ4n) is 4.53. The predicted molar refractivity (Wildman–Crippen MR) is 102 cm³/mol. The average molecular weight is 493 g/mol. The van der Waals surface area contributed by atoms with E-state index >= 15 is 0 Å². The number of benzene rings is 1. The van der Waals surface area contributed by atoms with Gasteiger partial charge in [0, 0.05) is 19.0 Å². The van der Waals surface area contributed by atoms with Gasteiger partial charge in [-0.1, -0.05) is 12.1 Å². The van der Waals surface area contributed by atoms with Crippen molar-refractivity contribution in [2.24, 2.45) is 5.92 Å². The van der Waals surface area contributed by atoms with Gasteiger partial charge in [0.1, 0.15) is 24.1 Å². The number of phenolic OH excluding ortho intramolecular Hbond substituents is 1. The zero-order valence-electron chi connectivity index (χ0n) is 18.8. The predicted octanol–water partition coefficient (Wildman–Crippen LogP) is -1.92. The summed E-state index contributed by atoms with van der Waals surface area (Å²) in [5.41, 5.74) is 0.287. The first-order valence-corrected chi connectivity index (χ1v) is 9.83. The van der Waals surface area contributed by atoms with E-state index < -0.39 is 60.4 Å². The second kappa shape index (κ2) is 9.47. The van der Waals surface area contributed by atoms with E-state index in [2.05, 4.69) is 5.32 Å². The minimum Gasteiger partial charge on any atom is -1.00 e. The van der Waals surface area contributed by atoms with E-state index in [1.54, 1.807) is 12.1 Å². The normalized spacial score (nSPS) is 23.0. The molecule has 3 N–H and O–H groups in total. The number of hydrogen-bond acceptors (Lipinski definition) is 6. The van der Waals surface area contributed by atoms with Gasteiger partial charge >= 0.3 is 53.7 Å². The van der Waals surface area contributed by atoms with Crippen LogP contribution in [0, 0.1) is 5.92 Å². The number of halogens is 3. The number of phenols is 1. The molecule has 178 valence electrons. The number of nitrogens with zero attached hydrogens (tertiary/aromatic N) is 2. The average Bonchev–Trinajstić information content (AvgIpc) is 3.11. The smallest absolute Gasteiger partial charge is 1.00 e. The summed E-state index contributed by atoms with van der Waals surface area (Å²) in [7, 11) is 0. The SMILES string of the molecule is O=C(NCc1ccc(O)cc1)OCC1=C(C(=O)O)N2C(=O)[C@@H]3[C@H]2[C@H](C1)CN3C(=O)C(F)(F)F.[H-].[Na+]. The van der Waals surface area contributed by atoms with Crippen molar-refractivity contribution in [1.82, 2.24) is 15.1 Å². The van der Waals surface area contributed by atoms with E-state index in [0.29, 0.717) is 10.5 Å². The molecule has 34 heavy (non-hydrogen) atoms. The van der Waals surface area contributed by atoms with Crippen molar-refractivity contribution in [3.8, 4) is 5.75 Å². The number of β-lactam (4-membered cyclic amide) rings is 1. The number of hydrogen-bond donors (Lipinski definition) is 3. The molecular formula is C20H19F3N3NaO7. The number of carboxylic acid groups (broad SMARTS) is 1. The molecule has 3 aliphatic heterocycles. The molecule has 0 unspecified atom stereocenters. The van der Waals surface area contributed by atoms with Crippen molar-refractivity contribution in [2.75, 3.05) is 13.2 Å². The van der Waals surface area contributed by atoms with Crippen LogP contribution in [-0.4, -0.2) is 75.3 Å². The van der Waals surface area contributed by atoms with Crippen molar-refractivity contribution in [1.29, 1.82) is 0 Å². The van der Waals surface area contributed by atoms with Gasteiger partial charge in [0.25, 0.3) is 5.91 Å². The number of alkyl carbamates (subject to hydrolysis) is 1. The molecule has 2 saturated heterocycles. The van der Waals surface area contributed by atoms with Gasteiger partial charge in [-0.25, -0.2) is 9.59 Å². The third-order valence-electron chi connectivity index (χ3n) is 5.90. The monoisotopic (exact) mass is 493 g/mol. The van der Waals surface area contributed by atoms with Gasteiger partial charge in [0.15, 0.2) is 0 Å². The maximum Gasteiger partial charge on any atom is 1.00 e. The number of amides is 3. The number of carbonyl (C=O) groups excluding carboxylic acids is 3. The Hall–Kier alpha value is -2.77. The zero-order valence-corrected chi connectivity index (χ0v) is 19.8. The fraction of sp³-hybridized carbons (Fsp3) is 0.400. The molecule has 3 heterocycles. The number of carbonyl (C=O) groups is 4. The van der Waals surface area contributed by atoms with Crippen LogP contribution in [0.4, 0.5) is 18.0 Å². The van der Waals surface area contributed by atoms with Crippen LogP contribution in [0.1, 0.15) is 13.4 Å². The largest absolute Gasteiger partial charge is 1.00 e. The molecule has 1 aromatic rings. The molecule has 1 aromatic carbocycles. The summed E-state index contributed by atoms with van der Waals surface area (Å²) in [6.07, 6.45) is -6.08. The van der Waals surface area contributed by atoms with Crippen LogP contribution in [0.25, 0.3) is 0 Å². The van der Waals surface area contributed by atoms with Crippen molar-refractivity contribution in [2.45, 2.75) is 31.2 Å². The van der Waals surface area contributed by atoms with Gasteiger partial charge in [-0.15, -0.1) is 0 Å². The van der Waals surface area contributed by atoms with E-state index in [-0.39, 0.29) is 61.8 Å². The quantitative estimate of drug-likeness (QED) is 0.321. The minimum atomic E-state index is -5.15. The Morgan fingerprint density at radius 2 is 1.85 bits per heavy atom. The first-order valence-electron chi connectivity index (χ1n) is 9.83. The Morgan fingerprint density at radius 1 is 1.21 bits per heavy atom. The van der Waals surface area contributed by atoms with Gasteiger partial charge in [-0.2, -0.15) is 13.2 Å². The van der Waals surface area contributed by atoms with Crippen LogP contribution < -0.4 is 34.9 Å². The Kier molecular flexibility index (Phi) is 7.20. The van der Waals surface area contributed by atoms with Crippen molar-refractivity contribution >= 4 is 23.9 Å². The summed E-state index contributed by atoms with van der Waals surface area (Å²) < 4.78 is 43.8. The Labute approximate surface area is 214 Å². The van der Waals surface area contributed by atoms with Gasteiger partial charge < -0.3 is 26.6 Å². The number of aliphatic carboxylic acids is 1. The summed E-state index contributed by atoms with van der Waals surface area (Å²) in [5, 5.41) is 21.3. The van der Waals surface area contributed by atoms with Crippen molar-refractivity contribution in [3.05, 3.63) is 41.1 Å². The molecular weight excluding hydrogens is 474 g/mol. The topological polar surface area (TPSA) is 136 Å². The second-order valence-electron chi connectivity index (χ2n) is 7.92. The zero-order chi connectivity index (χ0) is 24.1. The molecule has 14 heteroatoms. The number of rotatable bonds is 5. The fourth-order valence-corrected chi connectivity index (χ4v) is 4.53. The second-order valence-corrected chi connectivity index (χ2v) is 7.92. The molecule has 3 atom stereocenters. The standard InChI is InChI=1S/C20H18F3N3O7.Na.H/c21-20(22,23)18(31)25-7-10-5-11(14(17(29)30)26-13(10)15(25)16(26)28)8-33-19(32)24-6-9-1-3-12(27)4-2-9;;/h1-4,10,13,15,27H,5-8H2,(H,24,32)(H,29,30);;/q;+1;-1/t10-,13-,15+;;/m1../s1. The summed E-state index contributed by atoms with van der Waals surface area (Å²) in [4.78, 5) is 49.4. The van der Waals surface area contributed by atoms with Crippen LogP contribution in [-0.2, 0) is 25.7 Å². The summed E-state index contributed by atoms with van der Waals surface area (Å²) in [5.74, 6) is -5.09. The molecule has 0 aromatic heterocycles. The maximum absolute atomic E-state index is 12.9. The van der Waals surface area contributed by atoms with Crippen LogP contribution in [0.5, 0.6) is 5.75 Å². The first kappa shape index (κ1) is 25.8. The molecule has 0 aliphatic carbocycles. The summed E-state index contributed by atoms with van der Waals surface area (Å²) >= 11 is 0. The van der Waals surface area contributed by atoms with Gasteiger partial charge in [0.2, 0.25) is 0 Å². The Morgan fingerprint density at radius 3 is 2.44 bits per heavy atom. The van der Waals surface area contributed by atoms with Gasteiger partial charge in [0.05, 0.1) is 6.04 Å². The van der Waals surface area contributed by atoms with Crippen LogP contribution >= 0.6 is 0 Å².